The van der Waals surface area contributed by atoms with Crippen molar-refractivity contribution >= 4 is 31.7 Å². The number of nitrogens with zero attached hydrogens (tertiary/aromatic N) is 2. The number of esters is 1. The zero-order chi connectivity index (χ0) is 22.0. The van der Waals surface area contributed by atoms with Crippen LogP contribution in [0.1, 0.15) is 30.6 Å². The lowest BCUT2D eigenvalue weighted by Crippen LogP contribution is -2.46. The summed E-state index contributed by atoms with van der Waals surface area (Å²) in [6.45, 7) is 3.43. The van der Waals surface area contributed by atoms with E-state index in [4.69, 9.17) is 4.74 Å². The Kier molecular flexibility index (Phi) is 7.07. The van der Waals surface area contributed by atoms with E-state index in [2.05, 4.69) is 0 Å². The third-order valence-corrected chi connectivity index (χ3v) is 8.31. The van der Waals surface area contributed by atoms with Crippen molar-refractivity contribution in [1.29, 1.82) is 0 Å². The van der Waals surface area contributed by atoms with E-state index in [0.29, 0.717) is 6.42 Å². The Bertz CT molecular complexity index is 987. The predicted octanol–water partition coefficient (Wildman–Crippen LogP) is 0.518. The van der Waals surface area contributed by atoms with E-state index < -0.39 is 43.9 Å². The van der Waals surface area contributed by atoms with Crippen LogP contribution in [0.25, 0.3) is 0 Å². The van der Waals surface area contributed by atoms with Crippen LogP contribution < -0.4 is 0 Å². The summed E-state index contributed by atoms with van der Waals surface area (Å²) in [6, 6.07) is 4.93. The molecule has 1 saturated heterocycles. The second-order valence-electron chi connectivity index (χ2n) is 7.04. The highest BCUT2D eigenvalue weighted by atomic mass is 32.2. The summed E-state index contributed by atoms with van der Waals surface area (Å²) in [5.41, 5.74) is -0.000863. The predicted molar refractivity (Wildman–Crippen MR) is 107 cm³/mol. The Morgan fingerprint density at radius 3 is 2.45 bits per heavy atom. The molecular formula is C18H26N2O7S2. The lowest BCUT2D eigenvalue weighted by atomic mass is 10.2. The van der Waals surface area contributed by atoms with Crippen LogP contribution in [0.5, 0.6) is 0 Å². The van der Waals surface area contributed by atoms with Crippen LogP contribution in [-0.2, 0) is 29.4 Å². The minimum absolute atomic E-state index is 0.000863. The van der Waals surface area contributed by atoms with Gasteiger partial charge in [0.2, 0.25) is 10.0 Å². The average molecular weight is 447 g/mol. The molecule has 9 nitrogen and oxygen atoms in total. The topological polar surface area (TPSA) is 118 Å². The molecule has 0 aromatic heterocycles. The van der Waals surface area contributed by atoms with Gasteiger partial charge in [-0.25, -0.2) is 25.9 Å². The maximum absolute atomic E-state index is 12.7. The van der Waals surface area contributed by atoms with Crippen molar-refractivity contribution < 1.29 is 31.2 Å². The Balaban J connectivity index is 2.13. The molecule has 11 heteroatoms. The third kappa shape index (κ3) is 5.34. The van der Waals surface area contributed by atoms with Crippen molar-refractivity contribution in [1.82, 2.24) is 9.21 Å². The molecule has 2 atom stereocenters. The number of hydrogen-bond acceptors (Lipinski definition) is 7. The van der Waals surface area contributed by atoms with Crippen molar-refractivity contribution in [3.05, 3.63) is 29.8 Å². The SMILES string of the molecule is CCN(C(=O)[C@@H](C)OC(=O)c1cccc(S(=O)(=O)N(C)C)c1)[C@@H]1CCS(=O)(=O)C1. The van der Waals surface area contributed by atoms with Gasteiger partial charge in [0.25, 0.3) is 5.91 Å². The van der Waals surface area contributed by atoms with Crippen molar-refractivity contribution in [3.8, 4) is 0 Å². The molecule has 0 saturated carbocycles. The fourth-order valence-electron chi connectivity index (χ4n) is 3.12. The van der Waals surface area contributed by atoms with E-state index in [1.54, 1.807) is 6.92 Å². The summed E-state index contributed by atoms with van der Waals surface area (Å²) in [6.07, 6.45) is -0.785. The molecule has 1 aliphatic rings. The molecule has 1 aliphatic heterocycles. The molecule has 0 spiro atoms. The Morgan fingerprint density at radius 2 is 1.93 bits per heavy atom. The van der Waals surface area contributed by atoms with Crippen LogP contribution in [0, 0.1) is 0 Å². The summed E-state index contributed by atoms with van der Waals surface area (Å²) in [5, 5.41) is 0. The number of likely N-dealkylation sites (N-methyl/N-ethyl adjacent to an activating group) is 1. The second-order valence-corrected chi connectivity index (χ2v) is 11.4. The minimum atomic E-state index is -3.72. The number of benzene rings is 1. The first-order chi connectivity index (χ1) is 13.4. The molecule has 29 heavy (non-hydrogen) atoms. The first kappa shape index (κ1) is 23.3. The number of carbonyl (C=O) groups is 2. The molecular weight excluding hydrogens is 420 g/mol. The van der Waals surface area contributed by atoms with Gasteiger partial charge in [0.1, 0.15) is 0 Å². The summed E-state index contributed by atoms with van der Waals surface area (Å²) in [7, 11) is -4.13. The number of rotatable bonds is 7. The van der Waals surface area contributed by atoms with Gasteiger partial charge in [0.05, 0.1) is 22.0 Å². The van der Waals surface area contributed by atoms with Crippen molar-refractivity contribution in [2.45, 2.75) is 37.3 Å². The standard InChI is InChI=1S/C18H26N2O7S2/c1-5-20(15-9-10-28(23,24)12-15)17(21)13(2)27-18(22)14-7-6-8-16(11-14)29(25,26)19(3)4/h6-8,11,13,15H,5,9-10,12H2,1-4H3/t13-,15-/m1/s1. The third-order valence-electron chi connectivity index (χ3n) is 4.75. The quantitative estimate of drug-likeness (QED) is 0.560. The smallest absolute Gasteiger partial charge is 0.338 e. The first-order valence-electron chi connectivity index (χ1n) is 9.13. The van der Waals surface area contributed by atoms with E-state index >= 15 is 0 Å². The molecule has 0 N–H and O–H groups in total. The summed E-state index contributed by atoms with van der Waals surface area (Å²) in [5.74, 6) is -1.39. The lowest BCUT2D eigenvalue weighted by Gasteiger charge is -2.29. The molecule has 1 amide bonds. The summed E-state index contributed by atoms with van der Waals surface area (Å²) < 4.78 is 54.1. The van der Waals surface area contributed by atoms with Crippen LogP contribution in [0.4, 0.5) is 0 Å². The van der Waals surface area contributed by atoms with E-state index in [9.17, 15) is 26.4 Å². The van der Waals surface area contributed by atoms with Gasteiger partial charge >= 0.3 is 5.97 Å². The van der Waals surface area contributed by atoms with E-state index in [1.807, 2.05) is 0 Å². The maximum atomic E-state index is 12.7. The molecule has 0 bridgehead atoms. The molecule has 1 heterocycles. The van der Waals surface area contributed by atoms with Gasteiger partial charge in [-0.05, 0) is 38.5 Å². The highest BCUT2D eigenvalue weighted by Crippen LogP contribution is 2.20. The van der Waals surface area contributed by atoms with E-state index in [1.165, 1.54) is 50.2 Å². The van der Waals surface area contributed by atoms with Gasteiger partial charge in [-0.15, -0.1) is 0 Å². The highest BCUT2D eigenvalue weighted by molar-refractivity contribution is 7.91. The zero-order valence-electron chi connectivity index (χ0n) is 16.9. The number of sulfone groups is 1. The fourth-order valence-corrected chi connectivity index (χ4v) is 5.80. The second kappa shape index (κ2) is 8.80. The van der Waals surface area contributed by atoms with Crippen LogP contribution in [0.2, 0.25) is 0 Å². The fraction of sp³-hybridized carbons (Fsp3) is 0.556. The highest BCUT2D eigenvalue weighted by Gasteiger charge is 2.36. The number of carbonyl (C=O) groups excluding carboxylic acids is 2. The van der Waals surface area contributed by atoms with Gasteiger partial charge in [-0.1, -0.05) is 6.07 Å². The van der Waals surface area contributed by atoms with Gasteiger partial charge in [-0.3, -0.25) is 4.79 Å². The van der Waals surface area contributed by atoms with Crippen LogP contribution in [0.15, 0.2) is 29.2 Å². The average Bonchev–Trinajstić information content (AvgIpc) is 3.01. The number of hydrogen-bond donors (Lipinski definition) is 0. The van der Waals surface area contributed by atoms with E-state index in [-0.39, 0.29) is 28.5 Å². The molecule has 1 fully saturated rings. The first-order valence-corrected chi connectivity index (χ1v) is 12.4. The molecule has 1 aromatic carbocycles. The van der Waals surface area contributed by atoms with Crippen molar-refractivity contribution in [2.24, 2.45) is 0 Å². The van der Waals surface area contributed by atoms with Crippen LogP contribution in [-0.4, -0.2) is 82.2 Å². The Hall–Kier alpha value is -1.98. The number of ether oxygens (including phenoxy) is 1. The molecule has 0 radical (unpaired) electrons. The zero-order valence-corrected chi connectivity index (χ0v) is 18.5. The normalized spacial score (nSPS) is 19.7. The van der Waals surface area contributed by atoms with Crippen LogP contribution in [0.3, 0.4) is 0 Å². The Labute approximate surface area is 171 Å². The Morgan fingerprint density at radius 1 is 1.28 bits per heavy atom. The van der Waals surface area contributed by atoms with E-state index in [0.717, 1.165) is 4.31 Å². The maximum Gasteiger partial charge on any atom is 0.338 e. The number of amides is 1. The van der Waals surface area contributed by atoms with Gasteiger partial charge in [-0.2, -0.15) is 0 Å². The van der Waals surface area contributed by atoms with Gasteiger partial charge in [0, 0.05) is 26.7 Å². The monoisotopic (exact) mass is 446 g/mol. The summed E-state index contributed by atoms with van der Waals surface area (Å²) >= 11 is 0. The minimum Gasteiger partial charge on any atom is -0.449 e. The molecule has 0 aliphatic carbocycles. The number of sulfonamides is 1. The van der Waals surface area contributed by atoms with Gasteiger partial charge in [0.15, 0.2) is 15.9 Å². The lowest BCUT2D eigenvalue weighted by molar-refractivity contribution is -0.141. The molecule has 162 valence electrons. The molecule has 1 aromatic rings. The largest absolute Gasteiger partial charge is 0.449 e. The van der Waals surface area contributed by atoms with Crippen LogP contribution >= 0.6 is 0 Å². The summed E-state index contributed by atoms with van der Waals surface area (Å²) in [4.78, 5) is 26.5. The van der Waals surface area contributed by atoms with Crippen molar-refractivity contribution in [3.63, 3.8) is 0 Å². The molecule has 0 unspecified atom stereocenters. The van der Waals surface area contributed by atoms with Gasteiger partial charge < -0.3 is 9.64 Å². The molecule has 2 rings (SSSR count). The van der Waals surface area contributed by atoms with Crippen molar-refractivity contribution in [2.75, 3.05) is 32.1 Å².